The van der Waals surface area contributed by atoms with Crippen molar-refractivity contribution in [3.05, 3.63) is 54.0 Å². The van der Waals surface area contributed by atoms with E-state index in [0.717, 1.165) is 31.0 Å². The number of rotatable bonds is 4. The highest BCUT2D eigenvalue weighted by Gasteiger charge is 2.27. The SMILES string of the molecule is CNC(Cc1ccco1)C1COc2ccccc2C1. The van der Waals surface area contributed by atoms with Gasteiger partial charge in [0.1, 0.15) is 11.5 Å². The fourth-order valence-corrected chi connectivity index (χ4v) is 2.76. The summed E-state index contributed by atoms with van der Waals surface area (Å²) in [6.07, 6.45) is 3.69. The molecule has 2 atom stereocenters. The molecule has 2 aromatic rings. The van der Waals surface area contributed by atoms with E-state index in [-0.39, 0.29) is 0 Å². The van der Waals surface area contributed by atoms with Gasteiger partial charge in [-0.1, -0.05) is 18.2 Å². The number of fused-ring (bicyclic) bond motifs is 1. The minimum atomic E-state index is 0.375. The smallest absolute Gasteiger partial charge is 0.122 e. The molecule has 0 amide bonds. The van der Waals surface area contributed by atoms with Crippen LogP contribution in [-0.2, 0) is 12.8 Å². The lowest BCUT2D eigenvalue weighted by atomic mass is 9.88. The summed E-state index contributed by atoms with van der Waals surface area (Å²) in [6, 6.07) is 12.6. The number of furan rings is 1. The molecule has 1 aromatic heterocycles. The fourth-order valence-electron chi connectivity index (χ4n) is 2.76. The van der Waals surface area contributed by atoms with Crippen LogP contribution in [0.15, 0.2) is 47.1 Å². The van der Waals surface area contributed by atoms with Gasteiger partial charge >= 0.3 is 0 Å². The third kappa shape index (κ3) is 2.66. The number of benzene rings is 1. The Morgan fingerprint density at radius 3 is 2.95 bits per heavy atom. The van der Waals surface area contributed by atoms with Gasteiger partial charge in [0.2, 0.25) is 0 Å². The van der Waals surface area contributed by atoms with Crippen molar-refractivity contribution >= 4 is 0 Å². The minimum absolute atomic E-state index is 0.375. The molecule has 2 heterocycles. The topological polar surface area (TPSA) is 34.4 Å². The van der Waals surface area contributed by atoms with Gasteiger partial charge in [-0.3, -0.25) is 0 Å². The number of para-hydroxylation sites is 1. The summed E-state index contributed by atoms with van der Waals surface area (Å²) in [6.45, 7) is 0.767. The van der Waals surface area contributed by atoms with Gasteiger partial charge in [-0.25, -0.2) is 0 Å². The standard InChI is InChI=1S/C16H19NO2/c1-17-15(10-14-6-4-8-18-14)13-9-12-5-2-3-7-16(12)19-11-13/h2-8,13,15,17H,9-11H2,1H3. The lowest BCUT2D eigenvalue weighted by Gasteiger charge is -2.31. The highest BCUT2D eigenvalue weighted by molar-refractivity contribution is 5.35. The van der Waals surface area contributed by atoms with Gasteiger partial charge in [0.05, 0.1) is 12.9 Å². The average molecular weight is 257 g/mol. The van der Waals surface area contributed by atoms with Crippen LogP contribution in [0.1, 0.15) is 11.3 Å². The van der Waals surface area contributed by atoms with Gasteiger partial charge in [-0.2, -0.15) is 0 Å². The van der Waals surface area contributed by atoms with E-state index in [1.54, 1.807) is 6.26 Å². The average Bonchev–Trinajstić information content (AvgIpc) is 2.97. The summed E-state index contributed by atoms with van der Waals surface area (Å²) in [5.41, 5.74) is 1.30. The Balaban J connectivity index is 1.72. The predicted octanol–water partition coefficient (Wildman–Crippen LogP) is 2.66. The van der Waals surface area contributed by atoms with Crippen LogP contribution in [0.5, 0.6) is 5.75 Å². The zero-order valence-electron chi connectivity index (χ0n) is 11.1. The van der Waals surface area contributed by atoms with Crippen LogP contribution in [0, 0.1) is 5.92 Å². The van der Waals surface area contributed by atoms with E-state index in [2.05, 4.69) is 17.4 Å². The van der Waals surface area contributed by atoms with Crippen molar-refractivity contribution < 1.29 is 9.15 Å². The number of hydrogen-bond acceptors (Lipinski definition) is 3. The molecule has 1 aliphatic rings. The maximum Gasteiger partial charge on any atom is 0.122 e. The maximum atomic E-state index is 5.87. The summed E-state index contributed by atoms with van der Waals surface area (Å²) in [4.78, 5) is 0. The highest BCUT2D eigenvalue weighted by Crippen LogP contribution is 2.29. The molecule has 3 nitrogen and oxygen atoms in total. The Morgan fingerprint density at radius 1 is 1.26 bits per heavy atom. The van der Waals surface area contributed by atoms with Crippen LogP contribution < -0.4 is 10.1 Å². The molecular formula is C16H19NO2. The zero-order chi connectivity index (χ0) is 13.1. The van der Waals surface area contributed by atoms with Crippen molar-refractivity contribution in [2.75, 3.05) is 13.7 Å². The van der Waals surface area contributed by atoms with Gasteiger partial charge in [-0.15, -0.1) is 0 Å². The van der Waals surface area contributed by atoms with Gasteiger partial charge in [-0.05, 0) is 37.2 Å². The third-order valence-electron chi connectivity index (χ3n) is 3.85. The molecule has 1 aliphatic heterocycles. The molecule has 0 spiro atoms. The molecular weight excluding hydrogens is 238 g/mol. The van der Waals surface area contributed by atoms with Crippen LogP contribution in [0.2, 0.25) is 0 Å². The quantitative estimate of drug-likeness (QED) is 0.914. The molecule has 0 aliphatic carbocycles. The minimum Gasteiger partial charge on any atom is -0.493 e. The first-order chi connectivity index (χ1) is 9.36. The number of likely N-dealkylation sites (N-methyl/N-ethyl adjacent to an activating group) is 1. The van der Waals surface area contributed by atoms with Crippen molar-refractivity contribution in [2.24, 2.45) is 5.92 Å². The molecule has 0 fully saturated rings. The Morgan fingerprint density at radius 2 is 2.16 bits per heavy atom. The Labute approximate surface area is 113 Å². The largest absolute Gasteiger partial charge is 0.493 e. The van der Waals surface area contributed by atoms with Crippen LogP contribution in [-0.4, -0.2) is 19.7 Å². The molecule has 0 saturated carbocycles. The number of nitrogens with one attached hydrogen (secondary N) is 1. The molecule has 2 unspecified atom stereocenters. The molecule has 0 radical (unpaired) electrons. The second kappa shape index (κ2) is 5.49. The normalized spacial score (nSPS) is 19.5. The number of ether oxygens (including phenoxy) is 1. The lowest BCUT2D eigenvalue weighted by molar-refractivity contribution is 0.184. The first kappa shape index (κ1) is 12.3. The van der Waals surface area contributed by atoms with Gasteiger partial charge in [0.15, 0.2) is 0 Å². The van der Waals surface area contributed by atoms with Crippen LogP contribution >= 0.6 is 0 Å². The molecule has 1 aromatic carbocycles. The van der Waals surface area contributed by atoms with E-state index in [0.29, 0.717) is 12.0 Å². The predicted molar refractivity (Wildman–Crippen MR) is 74.4 cm³/mol. The van der Waals surface area contributed by atoms with Gasteiger partial charge in [0.25, 0.3) is 0 Å². The van der Waals surface area contributed by atoms with Crippen LogP contribution in [0.3, 0.4) is 0 Å². The lowest BCUT2D eigenvalue weighted by Crippen LogP contribution is -2.41. The third-order valence-corrected chi connectivity index (χ3v) is 3.85. The van der Waals surface area contributed by atoms with Crippen molar-refractivity contribution in [3.63, 3.8) is 0 Å². The Hall–Kier alpha value is -1.74. The Kier molecular flexibility index (Phi) is 3.56. The maximum absolute atomic E-state index is 5.87. The van der Waals surface area contributed by atoms with E-state index >= 15 is 0 Å². The van der Waals surface area contributed by atoms with Crippen molar-refractivity contribution in [1.29, 1.82) is 0 Å². The highest BCUT2D eigenvalue weighted by atomic mass is 16.5. The van der Waals surface area contributed by atoms with Crippen molar-refractivity contribution in [1.82, 2.24) is 5.32 Å². The second-order valence-corrected chi connectivity index (χ2v) is 5.06. The van der Waals surface area contributed by atoms with E-state index in [1.165, 1.54) is 5.56 Å². The molecule has 100 valence electrons. The number of hydrogen-bond donors (Lipinski definition) is 1. The first-order valence-corrected chi connectivity index (χ1v) is 6.77. The molecule has 0 saturated heterocycles. The van der Waals surface area contributed by atoms with Gasteiger partial charge < -0.3 is 14.5 Å². The fraction of sp³-hybridized carbons (Fsp3) is 0.375. The summed E-state index contributed by atoms with van der Waals surface area (Å²) in [5.74, 6) is 2.54. The molecule has 0 bridgehead atoms. The molecule has 3 rings (SSSR count). The molecule has 1 N–H and O–H groups in total. The summed E-state index contributed by atoms with van der Waals surface area (Å²) in [7, 11) is 2.01. The second-order valence-electron chi connectivity index (χ2n) is 5.06. The van der Waals surface area contributed by atoms with E-state index in [9.17, 15) is 0 Å². The van der Waals surface area contributed by atoms with E-state index in [4.69, 9.17) is 9.15 Å². The summed E-state index contributed by atoms with van der Waals surface area (Å²) >= 11 is 0. The zero-order valence-corrected chi connectivity index (χ0v) is 11.1. The first-order valence-electron chi connectivity index (χ1n) is 6.77. The van der Waals surface area contributed by atoms with Crippen molar-refractivity contribution in [2.45, 2.75) is 18.9 Å². The molecule has 19 heavy (non-hydrogen) atoms. The van der Waals surface area contributed by atoms with Gasteiger partial charge in [0, 0.05) is 18.4 Å². The van der Waals surface area contributed by atoms with E-state index in [1.807, 2.05) is 31.3 Å². The monoisotopic (exact) mass is 257 g/mol. The van der Waals surface area contributed by atoms with Crippen LogP contribution in [0.25, 0.3) is 0 Å². The Bertz CT molecular complexity index is 521. The molecule has 3 heteroatoms. The van der Waals surface area contributed by atoms with Crippen molar-refractivity contribution in [3.8, 4) is 5.75 Å². The summed E-state index contributed by atoms with van der Waals surface area (Å²) in [5, 5.41) is 3.40. The van der Waals surface area contributed by atoms with E-state index < -0.39 is 0 Å². The van der Waals surface area contributed by atoms with Crippen LogP contribution in [0.4, 0.5) is 0 Å². The summed E-state index contributed by atoms with van der Waals surface area (Å²) < 4.78 is 11.3.